The molecule has 1 saturated heterocycles. The number of nitriles is 1. The lowest BCUT2D eigenvalue weighted by Crippen LogP contribution is -2.46. The fourth-order valence-electron chi connectivity index (χ4n) is 2.69. The summed E-state index contributed by atoms with van der Waals surface area (Å²) in [6.07, 6.45) is 1.76. The van der Waals surface area contributed by atoms with E-state index in [-0.39, 0.29) is 0 Å². The quantitative estimate of drug-likeness (QED) is 0.841. The second-order valence-electron chi connectivity index (χ2n) is 5.38. The van der Waals surface area contributed by atoms with Gasteiger partial charge in [-0.15, -0.1) is 0 Å². The minimum Gasteiger partial charge on any atom is -0.399 e. The van der Waals surface area contributed by atoms with Gasteiger partial charge in [0.05, 0.1) is 5.56 Å². The summed E-state index contributed by atoms with van der Waals surface area (Å²) in [5, 5.41) is 8.84. The van der Waals surface area contributed by atoms with Gasteiger partial charge in [-0.25, -0.2) is 0 Å². The van der Waals surface area contributed by atoms with Gasteiger partial charge in [0.25, 0.3) is 0 Å². The number of hydrogen-bond acceptors (Lipinski definition) is 4. The zero-order valence-electron chi connectivity index (χ0n) is 11.9. The van der Waals surface area contributed by atoms with E-state index in [0.29, 0.717) is 5.56 Å². The van der Waals surface area contributed by atoms with E-state index in [4.69, 9.17) is 11.0 Å². The highest BCUT2D eigenvalue weighted by Crippen LogP contribution is 2.18. The summed E-state index contributed by atoms with van der Waals surface area (Å²) in [5.74, 6) is 0. The molecule has 0 amide bonds. The Kier molecular flexibility index (Phi) is 3.80. The number of nitrogens with two attached hydrogens (primary N) is 1. The number of nitrogens with zero attached hydrogens (tertiary/aromatic N) is 3. The van der Waals surface area contributed by atoms with Crippen LogP contribution in [-0.4, -0.2) is 36.1 Å². The molecule has 0 unspecified atom stereocenters. The van der Waals surface area contributed by atoms with Crippen LogP contribution in [0.4, 0.5) is 11.4 Å². The highest BCUT2D eigenvalue weighted by atomic mass is 15.3. The monoisotopic (exact) mass is 281 g/mol. The van der Waals surface area contributed by atoms with Crippen molar-refractivity contribution in [2.24, 2.45) is 0 Å². The van der Waals surface area contributed by atoms with Gasteiger partial charge in [0.15, 0.2) is 0 Å². The predicted molar refractivity (Wildman–Crippen MR) is 83.9 cm³/mol. The molecule has 0 radical (unpaired) electrons. The Bertz CT molecular complexity index is 629. The van der Waals surface area contributed by atoms with Crippen LogP contribution >= 0.6 is 0 Å². The molecule has 2 aromatic rings. The molecule has 0 bridgehead atoms. The fourth-order valence-corrected chi connectivity index (χ4v) is 2.69. The van der Waals surface area contributed by atoms with Gasteiger partial charge in [0.2, 0.25) is 0 Å². The van der Waals surface area contributed by atoms with E-state index in [1.165, 1.54) is 5.69 Å². The van der Waals surface area contributed by atoms with Crippen molar-refractivity contribution in [2.75, 3.05) is 36.8 Å². The molecule has 1 aromatic heterocycles. The van der Waals surface area contributed by atoms with Crippen molar-refractivity contribution in [2.45, 2.75) is 6.54 Å². The minimum atomic E-state index is 0.700. The maximum absolute atomic E-state index is 8.84. The van der Waals surface area contributed by atoms with E-state index in [0.717, 1.165) is 44.1 Å². The van der Waals surface area contributed by atoms with Crippen LogP contribution < -0.4 is 10.6 Å². The summed E-state index contributed by atoms with van der Waals surface area (Å²) in [7, 11) is 0. The Morgan fingerprint density at radius 1 is 1.14 bits per heavy atom. The van der Waals surface area contributed by atoms with Crippen LogP contribution in [0.25, 0.3) is 0 Å². The number of nitrogens with one attached hydrogen (secondary N) is 1. The van der Waals surface area contributed by atoms with Crippen LogP contribution in [0.3, 0.4) is 0 Å². The third-order valence-corrected chi connectivity index (χ3v) is 3.90. The average molecular weight is 281 g/mol. The normalized spacial score (nSPS) is 15.9. The molecule has 1 aliphatic rings. The number of benzene rings is 1. The van der Waals surface area contributed by atoms with E-state index < -0.39 is 0 Å². The van der Waals surface area contributed by atoms with Gasteiger partial charge in [-0.05, 0) is 30.3 Å². The summed E-state index contributed by atoms with van der Waals surface area (Å²) in [6, 6.07) is 12.1. The molecule has 5 nitrogen and oxygen atoms in total. The lowest BCUT2D eigenvalue weighted by atomic mass is 10.2. The van der Waals surface area contributed by atoms with E-state index in [1.807, 2.05) is 18.2 Å². The highest BCUT2D eigenvalue weighted by Gasteiger charge is 2.17. The van der Waals surface area contributed by atoms with Crippen molar-refractivity contribution in [3.05, 3.63) is 47.8 Å². The summed E-state index contributed by atoms with van der Waals surface area (Å²) < 4.78 is 0. The molecule has 1 fully saturated rings. The Balaban J connectivity index is 1.55. The van der Waals surface area contributed by atoms with Crippen LogP contribution in [-0.2, 0) is 6.54 Å². The van der Waals surface area contributed by atoms with Gasteiger partial charge < -0.3 is 15.6 Å². The Hall–Kier alpha value is -2.45. The molecule has 0 spiro atoms. The van der Waals surface area contributed by atoms with Gasteiger partial charge >= 0.3 is 0 Å². The maximum Gasteiger partial charge on any atom is 0.101 e. The van der Waals surface area contributed by atoms with E-state index in [1.54, 1.807) is 6.20 Å². The van der Waals surface area contributed by atoms with Gasteiger partial charge in [-0.1, -0.05) is 0 Å². The molecule has 0 atom stereocenters. The average Bonchev–Trinajstić information content (AvgIpc) is 2.97. The Morgan fingerprint density at radius 3 is 2.48 bits per heavy atom. The molecular formula is C16H19N5. The second-order valence-corrected chi connectivity index (χ2v) is 5.38. The Morgan fingerprint density at radius 2 is 1.86 bits per heavy atom. The number of H-pyrrole nitrogens is 1. The molecular weight excluding hydrogens is 262 g/mol. The first-order chi connectivity index (χ1) is 10.2. The van der Waals surface area contributed by atoms with Crippen LogP contribution in [0.15, 0.2) is 36.5 Å². The largest absolute Gasteiger partial charge is 0.399 e. The second kappa shape index (κ2) is 5.90. The van der Waals surface area contributed by atoms with Crippen molar-refractivity contribution >= 4 is 11.4 Å². The first-order valence-corrected chi connectivity index (χ1v) is 7.15. The van der Waals surface area contributed by atoms with Gasteiger partial charge in [0, 0.05) is 56.0 Å². The van der Waals surface area contributed by atoms with Gasteiger partial charge in [0.1, 0.15) is 6.07 Å². The van der Waals surface area contributed by atoms with Crippen LogP contribution in [0.1, 0.15) is 11.3 Å². The maximum atomic E-state index is 8.84. The first-order valence-electron chi connectivity index (χ1n) is 7.15. The molecule has 21 heavy (non-hydrogen) atoms. The van der Waals surface area contributed by atoms with E-state index in [9.17, 15) is 0 Å². The number of anilines is 2. The SMILES string of the molecule is N#Cc1c[nH]c(CN2CCN(c3ccc(N)cc3)CC2)c1. The number of piperazine rings is 1. The highest BCUT2D eigenvalue weighted by molar-refractivity contribution is 5.53. The fraction of sp³-hybridized carbons (Fsp3) is 0.312. The summed E-state index contributed by atoms with van der Waals surface area (Å²) >= 11 is 0. The lowest BCUT2D eigenvalue weighted by Gasteiger charge is -2.36. The van der Waals surface area contributed by atoms with Crippen LogP contribution in [0.2, 0.25) is 0 Å². The molecule has 0 aliphatic carbocycles. The van der Waals surface area contributed by atoms with E-state index >= 15 is 0 Å². The molecule has 3 N–H and O–H groups in total. The third-order valence-electron chi connectivity index (χ3n) is 3.90. The number of hydrogen-bond donors (Lipinski definition) is 2. The van der Waals surface area contributed by atoms with Crippen molar-refractivity contribution in [3.63, 3.8) is 0 Å². The third kappa shape index (κ3) is 3.18. The molecule has 1 aliphatic heterocycles. The van der Waals surface area contributed by atoms with Crippen LogP contribution in [0, 0.1) is 11.3 Å². The van der Waals surface area contributed by atoms with Crippen molar-refractivity contribution < 1.29 is 0 Å². The zero-order chi connectivity index (χ0) is 14.7. The number of nitrogen functional groups attached to an aromatic ring is 1. The molecule has 2 heterocycles. The first kappa shape index (κ1) is 13.5. The predicted octanol–water partition coefficient (Wildman–Crippen LogP) is 1.79. The lowest BCUT2D eigenvalue weighted by molar-refractivity contribution is 0.247. The number of rotatable bonds is 3. The summed E-state index contributed by atoms with van der Waals surface area (Å²) in [6.45, 7) is 4.93. The van der Waals surface area contributed by atoms with Crippen LogP contribution in [0.5, 0.6) is 0 Å². The van der Waals surface area contributed by atoms with Crippen molar-refractivity contribution in [1.29, 1.82) is 5.26 Å². The van der Waals surface area contributed by atoms with E-state index in [2.05, 4.69) is 33.0 Å². The topological polar surface area (TPSA) is 72.1 Å². The van der Waals surface area contributed by atoms with Gasteiger partial charge in [-0.2, -0.15) is 5.26 Å². The molecule has 1 aromatic carbocycles. The smallest absolute Gasteiger partial charge is 0.101 e. The molecule has 3 rings (SSSR count). The standard InChI is InChI=1S/C16H19N5/c17-10-13-9-15(19-11-13)12-20-5-7-21(8-6-20)16-3-1-14(18)2-4-16/h1-4,9,11,19H,5-8,12,18H2. The van der Waals surface area contributed by atoms with Gasteiger partial charge in [-0.3, -0.25) is 4.90 Å². The number of aromatic amines is 1. The minimum absolute atomic E-state index is 0.700. The summed E-state index contributed by atoms with van der Waals surface area (Å²) in [5.41, 5.74) is 9.56. The Labute approximate surface area is 124 Å². The molecule has 5 heteroatoms. The summed E-state index contributed by atoms with van der Waals surface area (Å²) in [4.78, 5) is 7.95. The zero-order valence-corrected chi connectivity index (χ0v) is 11.9. The molecule has 0 saturated carbocycles. The number of aromatic nitrogens is 1. The molecule has 108 valence electrons. The van der Waals surface area contributed by atoms with Crippen molar-refractivity contribution in [3.8, 4) is 6.07 Å². The van der Waals surface area contributed by atoms with Crippen molar-refractivity contribution in [1.82, 2.24) is 9.88 Å².